The average Bonchev–Trinajstić information content (AvgIpc) is 2.79. The van der Waals surface area contributed by atoms with Gasteiger partial charge in [-0.2, -0.15) is 0 Å². The summed E-state index contributed by atoms with van der Waals surface area (Å²) in [7, 11) is 5.74. The molecule has 0 aromatic carbocycles. The molecule has 0 saturated carbocycles. The lowest BCUT2D eigenvalue weighted by Gasteiger charge is -2.22. The monoisotopic (exact) mass is 371 g/mol. The summed E-state index contributed by atoms with van der Waals surface area (Å²) >= 11 is 3.48. The van der Waals surface area contributed by atoms with Crippen LogP contribution in [0, 0.1) is 0 Å². The predicted octanol–water partition coefficient (Wildman–Crippen LogP) is 1.71. The molecule has 0 spiro atoms. The van der Waals surface area contributed by atoms with E-state index >= 15 is 0 Å². The first kappa shape index (κ1) is 18.5. The van der Waals surface area contributed by atoms with Gasteiger partial charge in [-0.15, -0.1) is 0 Å². The third-order valence-electron chi connectivity index (χ3n) is 3.25. The van der Waals surface area contributed by atoms with Crippen molar-refractivity contribution >= 4 is 27.8 Å². The van der Waals surface area contributed by atoms with Crippen LogP contribution in [0.1, 0.15) is 25.5 Å². The third-order valence-corrected chi connectivity index (χ3v) is 3.69. The summed E-state index contributed by atoms with van der Waals surface area (Å²) in [5, 5.41) is 6.08. The topological polar surface area (TPSA) is 61.7 Å². The van der Waals surface area contributed by atoms with Crippen molar-refractivity contribution in [2.24, 2.45) is 12.0 Å². The number of nitrogens with one attached hydrogen (secondary N) is 2. The summed E-state index contributed by atoms with van der Waals surface area (Å²) in [5.74, 6) is 0.847. The zero-order valence-corrected chi connectivity index (χ0v) is 15.4. The minimum Gasteiger partial charge on any atom is -0.356 e. The highest BCUT2D eigenvalue weighted by Gasteiger charge is 2.10. The lowest BCUT2D eigenvalue weighted by molar-refractivity contribution is -0.120. The number of guanidine groups is 1. The number of rotatable bonds is 7. The average molecular weight is 372 g/mol. The van der Waals surface area contributed by atoms with Gasteiger partial charge in [0.05, 0.1) is 6.54 Å². The molecule has 0 saturated heterocycles. The van der Waals surface area contributed by atoms with E-state index in [1.165, 1.54) is 5.69 Å². The summed E-state index contributed by atoms with van der Waals surface area (Å²) in [6.07, 6.45) is 3.43. The molecule has 7 heteroatoms. The normalized spacial score (nSPS) is 11.4. The molecular formula is C15H26BrN5O. The van der Waals surface area contributed by atoms with Crippen molar-refractivity contribution < 1.29 is 4.79 Å². The van der Waals surface area contributed by atoms with E-state index in [2.05, 4.69) is 42.2 Å². The van der Waals surface area contributed by atoms with E-state index in [9.17, 15) is 4.79 Å². The van der Waals surface area contributed by atoms with Crippen LogP contribution in [0.3, 0.4) is 0 Å². The van der Waals surface area contributed by atoms with Crippen molar-refractivity contribution in [2.75, 3.05) is 27.2 Å². The fraction of sp³-hybridized carbons (Fsp3) is 0.600. The summed E-state index contributed by atoms with van der Waals surface area (Å²) in [5.41, 5.74) is 1.18. The first-order valence-electron chi connectivity index (χ1n) is 7.47. The highest BCUT2D eigenvalue weighted by molar-refractivity contribution is 9.10. The zero-order chi connectivity index (χ0) is 16.5. The van der Waals surface area contributed by atoms with Gasteiger partial charge in [0.25, 0.3) is 0 Å². The maximum atomic E-state index is 11.6. The number of aromatic nitrogens is 1. The van der Waals surface area contributed by atoms with E-state index in [0.29, 0.717) is 13.0 Å². The van der Waals surface area contributed by atoms with Gasteiger partial charge in [-0.1, -0.05) is 6.92 Å². The SMILES string of the molecule is CCCNC(=O)CCNC(=NC)N(C)Cc1cc(Br)cn1C. The molecule has 124 valence electrons. The molecule has 6 nitrogen and oxygen atoms in total. The lowest BCUT2D eigenvalue weighted by atomic mass is 10.3. The second-order valence-electron chi connectivity index (χ2n) is 5.19. The molecule has 22 heavy (non-hydrogen) atoms. The Balaban J connectivity index is 2.43. The second-order valence-corrected chi connectivity index (χ2v) is 6.11. The summed E-state index contributed by atoms with van der Waals surface area (Å²) in [4.78, 5) is 17.9. The fourth-order valence-corrected chi connectivity index (χ4v) is 2.64. The Morgan fingerprint density at radius 2 is 2.14 bits per heavy atom. The van der Waals surface area contributed by atoms with E-state index in [1.54, 1.807) is 7.05 Å². The maximum Gasteiger partial charge on any atom is 0.221 e. The summed E-state index contributed by atoms with van der Waals surface area (Å²) < 4.78 is 3.14. The van der Waals surface area contributed by atoms with Crippen LogP contribution in [-0.4, -0.2) is 48.5 Å². The second kappa shape index (κ2) is 9.50. The molecule has 0 aliphatic rings. The molecule has 1 heterocycles. The molecule has 0 atom stereocenters. The van der Waals surface area contributed by atoms with Gasteiger partial charge >= 0.3 is 0 Å². The van der Waals surface area contributed by atoms with Gasteiger partial charge in [-0.25, -0.2) is 0 Å². The Bertz CT molecular complexity index is 512. The molecular weight excluding hydrogens is 346 g/mol. The molecule has 0 radical (unpaired) electrons. The molecule has 1 rings (SSSR count). The first-order valence-corrected chi connectivity index (χ1v) is 8.26. The van der Waals surface area contributed by atoms with Gasteiger partial charge < -0.3 is 20.1 Å². The van der Waals surface area contributed by atoms with Crippen LogP contribution >= 0.6 is 15.9 Å². The quantitative estimate of drug-likeness (QED) is 0.566. The maximum absolute atomic E-state index is 11.6. The van der Waals surface area contributed by atoms with Crippen LogP contribution in [-0.2, 0) is 18.4 Å². The number of nitrogens with zero attached hydrogens (tertiary/aromatic N) is 3. The van der Waals surface area contributed by atoms with Gasteiger partial charge in [0.15, 0.2) is 5.96 Å². The van der Waals surface area contributed by atoms with Crippen molar-refractivity contribution in [2.45, 2.75) is 26.3 Å². The van der Waals surface area contributed by atoms with Crippen LogP contribution < -0.4 is 10.6 Å². The standard InChI is InChI=1S/C15H26BrN5O/c1-5-7-18-14(22)6-8-19-15(17-2)21(4)11-13-9-12(16)10-20(13)3/h9-10H,5-8,11H2,1-4H3,(H,17,19)(H,18,22). The number of halogens is 1. The first-order chi connectivity index (χ1) is 10.5. The number of amides is 1. The van der Waals surface area contributed by atoms with E-state index in [1.807, 2.05) is 32.1 Å². The van der Waals surface area contributed by atoms with E-state index < -0.39 is 0 Å². The predicted molar refractivity (Wildman–Crippen MR) is 93.9 cm³/mol. The van der Waals surface area contributed by atoms with E-state index in [0.717, 1.165) is 29.9 Å². The fourth-order valence-electron chi connectivity index (χ4n) is 2.07. The summed E-state index contributed by atoms with van der Waals surface area (Å²) in [6.45, 7) is 4.08. The van der Waals surface area contributed by atoms with Gasteiger partial charge in [0.1, 0.15) is 0 Å². The van der Waals surface area contributed by atoms with Gasteiger partial charge in [0.2, 0.25) is 5.91 Å². The molecule has 0 aliphatic heterocycles. The number of carbonyl (C=O) groups is 1. The molecule has 0 bridgehead atoms. The minimum absolute atomic E-state index is 0.0684. The number of hydrogen-bond donors (Lipinski definition) is 2. The number of aliphatic imine (C=N–C) groups is 1. The zero-order valence-electron chi connectivity index (χ0n) is 13.8. The molecule has 1 amide bonds. The van der Waals surface area contributed by atoms with E-state index in [-0.39, 0.29) is 5.91 Å². The smallest absolute Gasteiger partial charge is 0.221 e. The van der Waals surface area contributed by atoms with Crippen LogP contribution in [0.25, 0.3) is 0 Å². The Kier molecular flexibility index (Phi) is 8.01. The van der Waals surface area contributed by atoms with Crippen molar-refractivity contribution in [1.82, 2.24) is 20.1 Å². The molecule has 1 aromatic rings. The summed E-state index contributed by atoms with van der Waals surface area (Å²) in [6, 6.07) is 2.09. The van der Waals surface area contributed by atoms with Crippen molar-refractivity contribution in [3.8, 4) is 0 Å². The molecule has 0 unspecified atom stereocenters. The van der Waals surface area contributed by atoms with Crippen LogP contribution in [0.5, 0.6) is 0 Å². The Labute approximate surface area is 141 Å². The Morgan fingerprint density at radius 3 is 2.68 bits per heavy atom. The number of aryl methyl sites for hydroxylation is 1. The van der Waals surface area contributed by atoms with Gasteiger partial charge in [-0.05, 0) is 28.4 Å². The van der Waals surface area contributed by atoms with Crippen LogP contribution in [0.2, 0.25) is 0 Å². The van der Waals surface area contributed by atoms with Gasteiger partial charge in [0, 0.05) is 57.0 Å². The molecule has 0 fully saturated rings. The largest absolute Gasteiger partial charge is 0.356 e. The third kappa shape index (κ3) is 6.09. The molecule has 0 aliphatic carbocycles. The molecule has 1 aromatic heterocycles. The lowest BCUT2D eigenvalue weighted by Crippen LogP contribution is -2.40. The van der Waals surface area contributed by atoms with Crippen LogP contribution in [0.4, 0.5) is 0 Å². The van der Waals surface area contributed by atoms with Crippen molar-refractivity contribution in [3.63, 3.8) is 0 Å². The number of hydrogen-bond acceptors (Lipinski definition) is 2. The molecule has 2 N–H and O–H groups in total. The Hall–Kier alpha value is -1.50. The number of carbonyl (C=O) groups excluding carboxylic acids is 1. The van der Waals surface area contributed by atoms with Crippen LogP contribution in [0.15, 0.2) is 21.7 Å². The van der Waals surface area contributed by atoms with Crippen molar-refractivity contribution in [3.05, 3.63) is 22.4 Å². The van der Waals surface area contributed by atoms with E-state index in [4.69, 9.17) is 0 Å². The highest BCUT2D eigenvalue weighted by atomic mass is 79.9. The van der Waals surface area contributed by atoms with Gasteiger partial charge in [-0.3, -0.25) is 9.79 Å². The van der Waals surface area contributed by atoms with Crippen molar-refractivity contribution in [1.29, 1.82) is 0 Å². The highest BCUT2D eigenvalue weighted by Crippen LogP contribution is 2.14. The Morgan fingerprint density at radius 1 is 1.41 bits per heavy atom. The minimum atomic E-state index is 0.0684.